The smallest absolute Gasteiger partial charge is 0.263 e. The summed E-state index contributed by atoms with van der Waals surface area (Å²) in [5, 5.41) is 6.54. The van der Waals surface area contributed by atoms with Crippen LogP contribution in [0.15, 0.2) is 48.0 Å². The van der Waals surface area contributed by atoms with Crippen molar-refractivity contribution in [3.8, 4) is 9.88 Å². The van der Waals surface area contributed by atoms with Crippen molar-refractivity contribution in [2.75, 3.05) is 0 Å². The third kappa shape index (κ3) is 3.38. The summed E-state index contributed by atoms with van der Waals surface area (Å²) >= 11 is 8.90. The highest BCUT2D eigenvalue weighted by atomic mass is 35.5. The summed E-state index contributed by atoms with van der Waals surface area (Å²) in [6, 6.07) is 11.4. The lowest BCUT2D eigenvalue weighted by Crippen LogP contribution is -2.25. The topological polar surface area (TPSA) is 42.0 Å². The van der Waals surface area contributed by atoms with Gasteiger partial charge in [-0.1, -0.05) is 29.8 Å². The zero-order valence-electron chi connectivity index (χ0n) is 11.7. The maximum Gasteiger partial charge on any atom is 0.263 e. The van der Waals surface area contributed by atoms with E-state index < -0.39 is 0 Å². The highest BCUT2D eigenvalue weighted by Gasteiger charge is 2.15. The van der Waals surface area contributed by atoms with E-state index in [4.69, 9.17) is 11.6 Å². The van der Waals surface area contributed by atoms with Crippen LogP contribution in [0.1, 0.15) is 28.2 Å². The fourth-order valence-electron chi connectivity index (χ4n) is 2.00. The number of benzene rings is 1. The predicted molar refractivity (Wildman–Crippen MR) is 92.8 cm³/mol. The van der Waals surface area contributed by atoms with E-state index in [1.165, 1.54) is 11.3 Å². The largest absolute Gasteiger partial charge is 0.345 e. The molecule has 1 unspecified atom stereocenters. The molecule has 3 rings (SSSR count). The van der Waals surface area contributed by atoms with Gasteiger partial charge in [0, 0.05) is 5.02 Å². The lowest BCUT2D eigenvalue weighted by Gasteiger charge is -2.13. The van der Waals surface area contributed by atoms with E-state index in [0.29, 0.717) is 9.90 Å². The molecule has 3 nitrogen and oxygen atoms in total. The molecule has 0 saturated carbocycles. The van der Waals surface area contributed by atoms with E-state index >= 15 is 0 Å². The van der Waals surface area contributed by atoms with Gasteiger partial charge in [-0.3, -0.25) is 4.79 Å². The molecular formula is C16H13ClN2OS2. The van der Waals surface area contributed by atoms with Gasteiger partial charge in [0.15, 0.2) is 0 Å². The van der Waals surface area contributed by atoms with E-state index in [1.807, 2.05) is 48.7 Å². The zero-order valence-corrected chi connectivity index (χ0v) is 14.1. The number of aromatic nitrogens is 1. The van der Waals surface area contributed by atoms with Gasteiger partial charge in [0.25, 0.3) is 5.91 Å². The number of thiazole rings is 1. The van der Waals surface area contributed by atoms with Crippen molar-refractivity contribution in [2.45, 2.75) is 13.0 Å². The summed E-state index contributed by atoms with van der Waals surface area (Å²) in [6.45, 7) is 1.95. The number of thiophene rings is 1. The first-order valence-electron chi connectivity index (χ1n) is 6.69. The van der Waals surface area contributed by atoms with E-state index in [-0.39, 0.29) is 11.9 Å². The number of nitrogens with one attached hydrogen (secondary N) is 1. The van der Waals surface area contributed by atoms with Crippen LogP contribution in [0.3, 0.4) is 0 Å². The molecule has 3 aromatic rings. The van der Waals surface area contributed by atoms with Crippen molar-refractivity contribution in [3.63, 3.8) is 0 Å². The summed E-state index contributed by atoms with van der Waals surface area (Å²) in [5.41, 5.74) is 1.01. The first-order chi connectivity index (χ1) is 10.6. The van der Waals surface area contributed by atoms with Crippen molar-refractivity contribution in [2.24, 2.45) is 0 Å². The average Bonchev–Trinajstić information content (AvgIpc) is 3.19. The Bertz CT molecular complexity index is 766. The average molecular weight is 349 g/mol. The summed E-state index contributed by atoms with van der Waals surface area (Å²) < 4.78 is 0. The van der Waals surface area contributed by atoms with Crippen LogP contribution in [0.2, 0.25) is 5.02 Å². The van der Waals surface area contributed by atoms with Crippen LogP contribution in [0.4, 0.5) is 0 Å². The maximum absolute atomic E-state index is 12.3. The molecule has 0 radical (unpaired) electrons. The third-order valence-electron chi connectivity index (χ3n) is 3.18. The Labute approximate surface area is 141 Å². The van der Waals surface area contributed by atoms with Crippen LogP contribution in [-0.4, -0.2) is 10.9 Å². The molecule has 0 aliphatic heterocycles. The second-order valence-electron chi connectivity index (χ2n) is 4.75. The third-order valence-corrected chi connectivity index (χ3v) is 5.47. The first-order valence-corrected chi connectivity index (χ1v) is 8.77. The molecule has 0 fully saturated rings. The van der Waals surface area contributed by atoms with Crippen molar-refractivity contribution in [1.82, 2.24) is 10.3 Å². The summed E-state index contributed by atoms with van der Waals surface area (Å²) in [6.07, 6.45) is 1.63. The van der Waals surface area contributed by atoms with Crippen LogP contribution in [-0.2, 0) is 0 Å². The van der Waals surface area contributed by atoms with Crippen molar-refractivity contribution in [1.29, 1.82) is 0 Å². The Balaban J connectivity index is 1.70. The summed E-state index contributed by atoms with van der Waals surface area (Å²) in [5.74, 6) is -0.109. The van der Waals surface area contributed by atoms with Gasteiger partial charge in [0.05, 0.1) is 17.1 Å². The Morgan fingerprint density at radius 1 is 1.27 bits per heavy atom. The second kappa shape index (κ2) is 6.60. The lowest BCUT2D eigenvalue weighted by molar-refractivity contribution is 0.0944. The van der Waals surface area contributed by atoms with Crippen LogP contribution < -0.4 is 5.32 Å². The molecule has 2 aromatic heterocycles. The number of amides is 1. The zero-order chi connectivity index (χ0) is 15.5. The minimum absolute atomic E-state index is 0.0861. The maximum atomic E-state index is 12.3. The van der Waals surface area contributed by atoms with Gasteiger partial charge in [-0.2, -0.15) is 0 Å². The molecule has 22 heavy (non-hydrogen) atoms. The molecule has 1 aromatic carbocycles. The molecule has 0 bridgehead atoms. The van der Waals surface area contributed by atoms with E-state index in [1.54, 1.807) is 17.5 Å². The lowest BCUT2D eigenvalue weighted by atomic mass is 10.1. The molecule has 0 spiro atoms. The van der Waals surface area contributed by atoms with Gasteiger partial charge < -0.3 is 5.32 Å². The number of carbonyl (C=O) groups excluding carboxylic acids is 1. The highest BCUT2D eigenvalue weighted by Crippen LogP contribution is 2.29. The van der Waals surface area contributed by atoms with Crippen LogP contribution in [0.25, 0.3) is 9.88 Å². The van der Waals surface area contributed by atoms with Gasteiger partial charge in [0.2, 0.25) is 0 Å². The second-order valence-corrected chi connectivity index (χ2v) is 7.17. The van der Waals surface area contributed by atoms with Gasteiger partial charge in [-0.05, 0) is 36.1 Å². The fraction of sp³-hybridized carbons (Fsp3) is 0.125. The number of nitrogens with zero attached hydrogens (tertiary/aromatic N) is 1. The number of carbonyl (C=O) groups is 1. The molecule has 1 atom stereocenters. The summed E-state index contributed by atoms with van der Waals surface area (Å²) in [4.78, 5) is 18.3. The number of hydrogen-bond acceptors (Lipinski definition) is 4. The normalized spacial score (nSPS) is 12.1. The van der Waals surface area contributed by atoms with Crippen molar-refractivity contribution < 1.29 is 4.79 Å². The molecule has 0 saturated heterocycles. The van der Waals surface area contributed by atoms with E-state index in [2.05, 4.69) is 10.3 Å². The van der Waals surface area contributed by atoms with Gasteiger partial charge >= 0.3 is 0 Å². The van der Waals surface area contributed by atoms with E-state index in [9.17, 15) is 4.79 Å². The standard InChI is InChI=1S/C16H13ClN2OS2/c1-10(11-4-6-12(17)7-5-11)19-15(20)14-9-18-16(22-14)13-3-2-8-21-13/h2-10H,1H3,(H,19,20). The predicted octanol–water partition coefficient (Wildman–Crippen LogP) is 5.02. The van der Waals surface area contributed by atoms with Crippen molar-refractivity contribution >= 4 is 40.2 Å². The van der Waals surface area contributed by atoms with Crippen LogP contribution >= 0.6 is 34.3 Å². The highest BCUT2D eigenvalue weighted by molar-refractivity contribution is 7.21. The molecule has 1 amide bonds. The number of halogens is 1. The Kier molecular flexibility index (Phi) is 4.57. The molecule has 6 heteroatoms. The Hall–Kier alpha value is -1.69. The monoisotopic (exact) mass is 348 g/mol. The molecule has 0 aliphatic rings. The minimum atomic E-state index is -0.109. The molecular weight excluding hydrogens is 336 g/mol. The van der Waals surface area contributed by atoms with Gasteiger partial charge in [-0.15, -0.1) is 22.7 Å². The fourth-order valence-corrected chi connectivity index (χ4v) is 3.74. The molecule has 1 N–H and O–H groups in total. The molecule has 112 valence electrons. The van der Waals surface area contributed by atoms with Gasteiger partial charge in [0.1, 0.15) is 9.88 Å². The number of rotatable bonds is 4. The SMILES string of the molecule is CC(NC(=O)c1cnc(-c2cccs2)s1)c1ccc(Cl)cc1. The van der Waals surface area contributed by atoms with Gasteiger partial charge in [-0.25, -0.2) is 4.98 Å². The van der Waals surface area contributed by atoms with Crippen LogP contribution in [0, 0.1) is 0 Å². The minimum Gasteiger partial charge on any atom is -0.345 e. The Morgan fingerprint density at radius 2 is 2.05 bits per heavy atom. The van der Waals surface area contributed by atoms with Crippen molar-refractivity contribution in [3.05, 3.63) is 63.4 Å². The first kappa shape index (κ1) is 15.2. The number of hydrogen-bond donors (Lipinski definition) is 1. The molecule has 0 aliphatic carbocycles. The molecule has 2 heterocycles. The van der Waals surface area contributed by atoms with Crippen LogP contribution in [0.5, 0.6) is 0 Å². The van der Waals surface area contributed by atoms with E-state index in [0.717, 1.165) is 15.4 Å². The quantitative estimate of drug-likeness (QED) is 0.719. The Morgan fingerprint density at radius 3 is 2.73 bits per heavy atom. The summed E-state index contributed by atoms with van der Waals surface area (Å²) in [7, 11) is 0.